The lowest BCUT2D eigenvalue weighted by atomic mass is 10.3. The lowest BCUT2D eigenvalue weighted by Gasteiger charge is -2.00. The average Bonchev–Trinajstić information content (AvgIpc) is 1.78. The van der Waals surface area contributed by atoms with E-state index in [0.29, 0.717) is 19.3 Å². The van der Waals surface area contributed by atoms with E-state index in [-0.39, 0.29) is 12.8 Å². The summed E-state index contributed by atoms with van der Waals surface area (Å²) in [5, 5.41) is 9.86. The second-order valence-corrected chi connectivity index (χ2v) is 3.93. The molecule has 0 aromatic heterocycles. The topological polar surface area (TPSA) is 77.4 Å². The summed E-state index contributed by atoms with van der Waals surface area (Å²) in [7, 11) is -3.81. The first-order chi connectivity index (χ1) is 4.56. The van der Waals surface area contributed by atoms with E-state index in [1.165, 1.54) is 0 Å². The molecule has 0 atom stereocenters. The van der Waals surface area contributed by atoms with Crippen LogP contribution in [0.3, 0.4) is 0 Å². The fraction of sp³-hybridized carbons (Fsp3) is 1.00. The molecule has 0 fully saturated rings. The van der Waals surface area contributed by atoms with Gasteiger partial charge in [0.15, 0.2) is 0 Å². The van der Waals surface area contributed by atoms with E-state index in [9.17, 15) is 9.67 Å². The van der Waals surface area contributed by atoms with Crippen molar-refractivity contribution in [3.8, 4) is 0 Å². The van der Waals surface area contributed by atoms with E-state index in [4.69, 9.17) is 9.79 Å². The normalized spacial score (nSPS) is 11.9. The lowest BCUT2D eigenvalue weighted by Crippen LogP contribution is -1.89. The maximum atomic E-state index is 10.2. The second kappa shape index (κ2) is 4.85. The highest BCUT2D eigenvalue weighted by molar-refractivity contribution is 7.51. The molecule has 0 saturated heterocycles. The molecule has 0 heterocycles. The third-order valence-corrected chi connectivity index (χ3v) is 1.99. The Kier molecular flexibility index (Phi) is 4.91. The van der Waals surface area contributed by atoms with Gasteiger partial charge in [0, 0.05) is 6.16 Å². The zero-order chi connectivity index (χ0) is 8.04. The van der Waals surface area contributed by atoms with E-state index in [1.807, 2.05) is 0 Å². The van der Waals surface area contributed by atoms with Crippen LogP contribution in [0.15, 0.2) is 0 Å². The van der Waals surface area contributed by atoms with E-state index < -0.39 is 7.60 Å². The minimum atomic E-state index is -3.81. The first-order valence-corrected chi connectivity index (χ1v) is 4.99. The van der Waals surface area contributed by atoms with Gasteiger partial charge in [0.05, 0.1) is 6.61 Å². The molecule has 0 aliphatic rings. The molecular weight excluding hydrogens is 155 g/mol. The zero-order valence-corrected chi connectivity index (χ0v) is 6.59. The van der Waals surface area contributed by atoms with Crippen molar-refractivity contribution in [2.75, 3.05) is 12.8 Å². The van der Waals surface area contributed by atoms with Crippen molar-refractivity contribution in [1.29, 1.82) is 0 Å². The molecule has 0 aromatic carbocycles. The van der Waals surface area contributed by atoms with Gasteiger partial charge in [-0.25, -0.2) is 5.11 Å². The molecule has 5 heteroatoms. The summed E-state index contributed by atoms with van der Waals surface area (Å²) < 4.78 is 10.2. The molecule has 0 bridgehead atoms. The molecule has 0 rings (SSSR count). The smallest absolute Gasteiger partial charge is 0.324 e. The Balaban J connectivity index is 3.13. The predicted octanol–water partition coefficient (Wildman–Crippen LogP) is 0.765. The maximum absolute atomic E-state index is 10.2. The summed E-state index contributed by atoms with van der Waals surface area (Å²) in [6.07, 6.45) is 1.49. The number of hydrogen-bond donors (Lipinski definition) is 2. The van der Waals surface area contributed by atoms with Crippen molar-refractivity contribution in [1.82, 2.24) is 0 Å². The van der Waals surface area contributed by atoms with Crippen LogP contribution < -0.4 is 0 Å². The Labute approximate surface area is 60.0 Å². The van der Waals surface area contributed by atoms with E-state index in [2.05, 4.69) is 0 Å². The van der Waals surface area contributed by atoms with Crippen molar-refractivity contribution >= 4 is 7.60 Å². The molecule has 0 saturated carbocycles. The third-order valence-electron chi connectivity index (χ3n) is 1.09. The van der Waals surface area contributed by atoms with Gasteiger partial charge in [0.25, 0.3) is 0 Å². The van der Waals surface area contributed by atoms with Crippen LogP contribution >= 0.6 is 7.60 Å². The van der Waals surface area contributed by atoms with Crippen molar-refractivity contribution in [3.05, 3.63) is 0 Å². The van der Waals surface area contributed by atoms with Crippen molar-refractivity contribution in [3.63, 3.8) is 0 Å². The second-order valence-electron chi connectivity index (χ2n) is 2.15. The van der Waals surface area contributed by atoms with Gasteiger partial charge in [-0.3, -0.25) is 4.57 Å². The van der Waals surface area contributed by atoms with E-state index in [1.54, 1.807) is 0 Å². The van der Waals surface area contributed by atoms with Gasteiger partial charge in [-0.2, -0.15) is 0 Å². The molecule has 0 aliphatic carbocycles. The van der Waals surface area contributed by atoms with Crippen LogP contribution in [-0.2, 0) is 9.67 Å². The highest BCUT2D eigenvalue weighted by Gasteiger charge is 2.10. The fourth-order valence-corrected chi connectivity index (χ4v) is 1.23. The fourth-order valence-electron chi connectivity index (χ4n) is 0.597. The quantitative estimate of drug-likeness (QED) is 0.468. The highest BCUT2D eigenvalue weighted by atomic mass is 31.2. The molecule has 61 valence electrons. The minimum Gasteiger partial charge on any atom is -0.324 e. The number of hydrogen-bond acceptors (Lipinski definition) is 1. The minimum absolute atomic E-state index is 0.0903. The first-order valence-electron chi connectivity index (χ1n) is 3.19. The lowest BCUT2D eigenvalue weighted by molar-refractivity contribution is 0.186. The summed E-state index contributed by atoms with van der Waals surface area (Å²) in [5.41, 5.74) is 0. The van der Waals surface area contributed by atoms with Gasteiger partial charge in [0.1, 0.15) is 0 Å². The molecule has 0 spiro atoms. The Bertz CT molecular complexity index is 119. The monoisotopic (exact) mass is 167 g/mol. The van der Waals surface area contributed by atoms with E-state index in [0.717, 1.165) is 0 Å². The largest absolute Gasteiger partial charge is 0.325 e. The van der Waals surface area contributed by atoms with Crippen molar-refractivity contribution in [2.24, 2.45) is 0 Å². The van der Waals surface area contributed by atoms with Crippen molar-refractivity contribution < 1.29 is 19.5 Å². The predicted molar refractivity (Wildman–Crippen MR) is 36.3 cm³/mol. The Morgan fingerprint density at radius 1 is 1.10 bits per heavy atom. The number of rotatable bonds is 5. The molecule has 2 N–H and O–H groups in total. The van der Waals surface area contributed by atoms with Crippen LogP contribution in [-0.4, -0.2) is 22.6 Å². The van der Waals surface area contributed by atoms with Crippen LogP contribution in [0.25, 0.3) is 0 Å². The van der Waals surface area contributed by atoms with Gasteiger partial charge in [-0.05, 0) is 12.8 Å². The zero-order valence-electron chi connectivity index (χ0n) is 5.69. The van der Waals surface area contributed by atoms with Gasteiger partial charge in [-0.15, -0.1) is 0 Å². The molecule has 0 aromatic rings. The van der Waals surface area contributed by atoms with Crippen LogP contribution in [0.1, 0.15) is 19.3 Å². The Morgan fingerprint density at radius 3 is 2.10 bits per heavy atom. The highest BCUT2D eigenvalue weighted by Crippen LogP contribution is 2.35. The van der Waals surface area contributed by atoms with Gasteiger partial charge in [-0.1, -0.05) is 6.42 Å². The molecular formula is C5H12O4P. The summed E-state index contributed by atoms with van der Waals surface area (Å²) in [6.45, 7) is -0.152. The molecule has 1 radical (unpaired) electrons. The summed E-state index contributed by atoms with van der Waals surface area (Å²) in [6, 6.07) is 0. The van der Waals surface area contributed by atoms with Gasteiger partial charge in [0.2, 0.25) is 0 Å². The average molecular weight is 167 g/mol. The number of unbranched alkanes of at least 4 members (excludes halogenated alkanes) is 2. The summed E-state index contributed by atoms with van der Waals surface area (Å²) >= 11 is 0. The summed E-state index contributed by atoms with van der Waals surface area (Å²) in [5.74, 6) is 0. The Morgan fingerprint density at radius 2 is 1.70 bits per heavy atom. The molecule has 0 aliphatic heterocycles. The van der Waals surface area contributed by atoms with Gasteiger partial charge < -0.3 is 9.79 Å². The molecule has 10 heavy (non-hydrogen) atoms. The standard InChI is InChI=1S/C5H12O4P/c6-4-2-1-3-5-10(7,8)9/h1-5H2,(H2,7,8,9). The van der Waals surface area contributed by atoms with Gasteiger partial charge >= 0.3 is 7.60 Å². The van der Waals surface area contributed by atoms with Crippen LogP contribution in [0.2, 0.25) is 0 Å². The van der Waals surface area contributed by atoms with Crippen LogP contribution in [0.4, 0.5) is 0 Å². The maximum Gasteiger partial charge on any atom is 0.325 e. The third kappa shape index (κ3) is 8.11. The molecule has 0 amide bonds. The molecule has 4 nitrogen and oxygen atoms in total. The van der Waals surface area contributed by atoms with E-state index >= 15 is 0 Å². The van der Waals surface area contributed by atoms with Crippen molar-refractivity contribution in [2.45, 2.75) is 19.3 Å². The SMILES string of the molecule is [O]CCCCCP(=O)(O)O. The summed E-state index contributed by atoms with van der Waals surface area (Å²) in [4.78, 5) is 16.7. The molecule has 0 unspecified atom stereocenters. The van der Waals surface area contributed by atoms with Crippen LogP contribution in [0, 0.1) is 0 Å². The van der Waals surface area contributed by atoms with Crippen LogP contribution in [0.5, 0.6) is 0 Å². The first kappa shape index (κ1) is 10.1. The Hall–Kier alpha value is 0.110.